The molecule has 4 amide bonds. The monoisotopic (exact) mass is 482 g/mol. The van der Waals surface area contributed by atoms with E-state index in [9.17, 15) is 29.3 Å². The van der Waals surface area contributed by atoms with E-state index in [1.807, 2.05) is 0 Å². The summed E-state index contributed by atoms with van der Waals surface area (Å²) < 4.78 is 5.10. The number of hydrazine groups is 1. The molecule has 1 aliphatic rings. The van der Waals surface area contributed by atoms with Crippen LogP contribution >= 0.6 is 0 Å². The fraction of sp³-hybridized carbons (Fsp3) is 0.333. The Kier molecular flexibility index (Phi) is 7.80. The largest absolute Gasteiger partial charge is 0.497 e. The number of anilines is 1. The van der Waals surface area contributed by atoms with Gasteiger partial charge in [-0.1, -0.05) is 26.0 Å². The van der Waals surface area contributed by atoms with Crippen LogP contribution in [0.3, 0.4) is 0 Å². The number of benzene rings is 2. The summed E-state index contributed by atoms with van der Waals surface area (Å²) >= 11 is 0. The summed E-state index contributed by atoms with van der Waals surface area (Å²) in [6.07, 6.45) is 0.516. The number of ether oxygens (including phenoxy) is 1. The molecule has 1 fully saturated rings. The minimum Gasteiger partial charge on any atom is -0.497 e. The van der Waals surface area contributed by atoms with Crippen molar-refractivity contribution in [1.82, 2.24) is 10.4 Å². The van der Waals surface area contributed by atoms with Gasteiger partial charge < -0.3 is 4.74 Å². The molecule has 11 heteroatoms. The lowest BCUT2D eigenvalue weighted by Crippen LogP contribution is -2.56. The molecular weight excluding hydrogens is 456 g/mol. The standard InChI is InChI=1S/C24H26N4O7/c1-4-15(5-2)23(31)27(25-22(30)18-8-6-7-9-19(18)28(33)34)20-14-21(29)26(24(20)32)16-10-12-17(35-3)13-11-16/h6-13,15,20H,4-5,14H2,1-3H3,(H,25,30). The van der Waals surface area contributed by atoms with Crippen molar-refractivity contribution >= 4 is 35.0 Å². The Morgan fingerprint density at radius 1 is 1.14 bits per heavy atom. The number of methoxy groups -OCH3 is 1. The number of nitro groups is 1. The van der Waals surface area contributed by atoms with Crippen LogP contribution in [0.15, 0.2) is 48.5 Å². The minimum absolute atomic E-state index is 0.274. The van der Waals surface area contributed by atoms with E-state index < -0.39 is 46.2 Å². The van der Waals surface area contributed by atoms with Gasteiger partial charge in [0.05, 0.1) is 24.1 Å². The average molecular weight is 482 g/mol. The summed E-state index contributed by atoms with van der Waals surface area (Å²) in [6.45, 7) is 3.58. The molecule has 0 spiro atoms. The molecule has 1 unspecified atom stereocenters. The summed E-state index contributed by atoms with van der Waals surface area (Å²) in [4.78, 5) is 64.1. The molecule has 0 saturated carbocycles. The molecule has 2 aromatic rings. The van der Waals surface area contributed by atoms with Crippen LogP contribution in [-0.4, -0.2) is 46.7 Å². The lowest BCUT2D eigenvalue weighted by molar-refractivity contribution is -0.385. The topological polar surface area (TPSA) is 139 Å². The molecule has 0 aromatic heterocycles. The van der Waals surface area contributed by atoms with Crippen LogP contribution in [0.5, 0.6) is 5.75 Å². The molecule has 184 valence electrons. The molecule has 1 heterocycles. The predicted octanol–water partition coefficient (Wildman–Crippen LogP) is 2.85. The fourth-order valence-corrected chi connectivity index (χ4v) is 3.94. The third-order valence-corrected chi connectivity index (χ3v) is 5.90. The van der Waals surface area contributed by atoms with Crippen LogP contribution in [-0.2, 0) is 14.4 Å². The van der Waals surface area contributed by atoms with Crippen molar-refractivity contribution in [3.8, 4) is 5.75 Å². The normalized spacial score (nSPS) is 15.3. The number of carbonyl (C=O) groups excluding carboxylic acids is 4. The molecule has 1 saturated heterocycles. The van der Waals surface area contributed by atoms with Gasteiger partial charge in [0, 0.05) is 12.0 Å². The lowest BCUT2D eigenvalue weighted by atomic mass is 10.0. The van der Waals surface area contributed by atoms with Crippen molar-refractivity contribution in [2.24, 2.45) is 5.92 Å². The van der Waals surface area contributed by atoms with Crippen LogP contribution < -0.4 is 15.1 Å². The first-order chi connectivity index (χ1) is 16.7. The molecule has 1 aliphatic heterocycles. The molecule has 0 bridgehead atoms. The minimum atomic E-state index is -1.30. The van der Waals surface area contributed by atoms with Crippen molar-refractivity contribution in [3.63, 3.8) is 0 Å². The average Bonchev–Trinajstić information content (AvgIpc) is 3.16. The van der Waals surface area contributed by atoms with Gasteiger partial charge in [-0.25, -0.2) is 9.91 Å². The summed E-state index contributed by atoms with van der Waals surface area (Å²) in [5.74, 6) is -2.72. The van der Waals surface area contributed by atoms with Gasteiger partial charge in [0.25, 0.3) is 17.5 Å². The summed E-state index contributed by atoms with van der Waals surface area (Å²) in [6, 6.07) is 10.2. The maximum absolute atomic E-state index is 13.3. The lowest BCUT2D eigenvalue weighted by Gasteiger charge is -2.30. The first-order valence-electron chi connectivity index (χ1n) is 11.1. The molecule has 35 heavy (non-hydrogen) atoms. The second-order valence-corrected chi connectivity index (χ2v) is 7.92. The van der Waals surface area contributed by atoms with Gasteiger partial charge in [0.1, 0.15) is 17.4 Å². The highest BCUT2D eigenvalue weighted by Gasteiger charge is 2.46. The number of hydrogen-bond donors (Lipinski definition) is 1. The summed E-state index contributed by atoms with van der Waals surface area (Å²) in [5.41, 5.74) is 1.95. The van der Waals surface area contributed by atoms with Gasteiger partial charge >= 0.3 is 0 Å². The van der Waals surface area contributed by atoms with E-state index in [0.29, 0.717) is 24.3 Å². The zero-order valence-electron chi connectivity index (χ0n) is 19.6. The van der Waals surface area contributed by atoms with Crippen LogP contribution in [0.1, 0.15) is 43.5 Å². The first kappa shape index (κ1) is 25.3. The zero-order valence-corrected chi connectivity index (χ0v) is 19.6. The maximum Gasteiger partial charge on any atom is 0.282 e. The number of imide groups is 1. The second-order valence-electron chi connectivity index (χ2n) is 7.92. The van der Waals surface area contributed by atoms with Crippen molar-refractivity contribution in [2.45, 2.75) is 39.2 Å². The van der Waals surface area contributed by atoms with E-state index in [4.69, 9.17) is 4.74 Å². The van der Waals surface area contributed by atoms with Crippen molar-refractivity contribution in [2.75, 3.05) is 12.0 Å². The number of nitrogens with one attached hydrogen (secondary N) is 1. The summed E-state index contributed by atoms with van der Waals surface area (Å²) in [7, 11) is 1.48. The molecule has 1 N–H and O–H groups in total. The zero-order chi connectivity index (χ0) is 25.7. The number of rotatable bonds is 8. The Morgan fingerprint density at radius 2 is 1.77 bits per heavy atom. The predicted molar refractivity (Wildman–Crippen MR) is 125 cm³/mol. The number of para-hydroxylation sites is 1. The number of amides is 4. The van der Waals surface area contributed by atoms with E-state index in [-0.39, 0.29) is 12.0 Å². The van der Waals surface area contributed by atoms with Gasteiger partial charge in [-0.15, -0.1) is 0 Å². The molecule has 2 aromatic carbocycles. The molecule has 11 nitrogen and oxygen atoms in total. The fourth-order valence-electron chi connectivity index (χ4n) is 3.94. The van der Waals surface area contributed by atoms with Crippen molar-refractivity contribution in [1.29, 1.82) is 0 Å². The Bertz CT molecular complexity index is 1140. The third kappa shape index (κ3) is 5.13. The van der Waals surface area contributed by atoms with E-state index >= 15 is 0 Å². The van der Waals surface area contributed by atoms with Crippen LogP contribution in [0, 0.1) is 16.0 Å². The van der Waals surface area contributed by atoms with E-state index in [1.165, 1.54) is 37.4 Å². The number of nitrogens with zero attached hydrogens (tertiary/aromatic N) is 3. The number of carbonyl (C=O) groups is 4. The van der Waals surface area contributed by atoms with Crippen molar-refractivity contribution in [3.05, 3.63) is 64.2 Å². The highest BCUT2D eigenvalue weighted by atomic mass is 16.6. The molecule has 0 radical (unpaired) electrons. The summed E-state index contributed by atoms with van der Waals surface area (Å²) in [5, 5.41) is 12.2. The molecule has 0 aliphatic carbocycles. The Hall–Kier alpha value is -4.28. The van der Waals surface area contributed by atoms with Gasteiger partial charge in [0.2, 0.25) is 11.8 Å². The highest BCUT2D eigenvalue weighted by molar-refractivity contribution is 6.23. The van der Waals surface area contributed by atoms with Crippen LogP contribution in [0.4, 0.5) is 11.4 Å². The smallest absolute Gasteiger partial charge is 0.282 e. The van der Waals surface area contributed by atoms with Gasteiger partial charge in [-0.05, 0) is 43.2 Å². The SMILES string of the molecule is CCC(CC)C(=O)N(NC(=O)c1ccccc1[N+](=O)[O-])C1CC(=O)N(c2ccc(OC)cc2)C1=O. The maximum atomic E-state index is 13.3. The van der Waals surface area contributed by atoms with Gasteiger partial charge in [-0.3, -0.25) is 34.7 Å². The quantitative estimate of drug-likeness (QED) is 0.347. The van der Waals surface area contributed by atoms with E-state index in [1.54, 1.807) is 26.0 Å². The van der Waals surface area contributed by atoms with Crippen LogP contribution in [0.2, 0.25) is 0 Å². The second kappa shape index (κ2) is 10.8. The third-order valence-electron chi connectivity index (χ3n) is 5.90. The number of nitro benzene ring substituents is 1. The molecule has 1 atom stereocenters. The molecule has 3 rings (SSSR count). The van der Waals surface area contributed by atoms with Gasteiger partial charge in [-0.2, -0.15) is 0 Å². The Morgan fingerprint density at radius 3 is 2.34 bits per heavy atom. The highest BCUT2D eigenvalue weighted by Crippen LogP contribution is 2.28. The van der Waals surface area contributed by atoms with E-state index in [0.717, 1.165) is 16.0 Å². The van der Waals surface area contributed by atoms with Crippen molar-refractivity contribution < 1.29 is 28.8 Å². The first-order valence-corrected chi connectivity index (χ1v) is 11.1. The molecular formula is C24H26N4O7. The number of hydrogen-bond acceptors (Lipinski definition) is 7. The Labute approximate surface area is 201 Å². The van der Waals surface area contributed by atoms with Gasteiger partial charge in [0.15, 0.2) is 0 Å². The van der Waals surface area contributed by atoms with Crippen LogP contribution in [0.25, 0.3) is 0 Å². The Balaban J connectivity index is 1.96. The van der Waals surface area contributed by atoms with E-state index in [2.05, 4.69) is 5.43 Å².